The number of aryl methyl sites for hydroxylation is 1. The van der Waals surface area contributed by atoms with E-state index in [2.05, 4.69) is 10.4 Å². The summed E-state index contributed by atoms with van der Waals surface area (Å²) in [4.78, 5) is 11.8. The molecule has 2 atom stereocenters. The van der Waals surface area contributed by atoms with Crippen LogP contribution in [-0.4, -0.2) is 22.4 Å². The Kier molecular flexibility index (Phi) is 3.94. The summed E-state index contributed by atoms with van der Waals surface area (Å²) in [5.41, 5.74) is 1.36. The summed E-state index contributed by atoms with van der Waals surface area (Å²) in [6, 6.07) is 10.1. The molecule has 0 spiro atoms. The lowest BCUT2D eigenvalue weighted by Gasteiger charge is -2.21. The van der Waals surface area contributed by atoms with E-state index in [4.69, 9.17) is 16.3 Å². The van der Waals surface area contributed by atoms with E-state index in [9.17, 15) is 4.79 Å². The van der Waals surface area contributed by atoms with Crippen LogP contribution < -0.4 is 10.9 Å². The average molecular weight is 306 g/mol. The molecule has 0 radical (unpaired) electrons. The van der Waals surface area contributed by atoms with Gasteiger partial charge in [0.1, 0.15) is 11.1 Å². The van der Waals surface area contributed by atoms with Gasteiger partial charge in [-0.1, -0.05) is 41.9 Å². The van der Waals surface area contributed by atoms with Crippen LogP contribution in [0, 0.1) is 0 Å². The van der Waals surface area contributed by atoms with Crippen LogP contribution in [0.5, 0.6) is 0 Å². The summed E-state index contributed by atoms with van der Waals surface area (Å²) in [7, 11) is 1.57. The maximum atomic E-state index is 11.8. The molecular formula is C15H16ClN3O2. The molecule has 2 unspecified atom stereocenters. The molecule has 0 bridgehead atoms. The van der Waals surface area contributed by atoms with E-state index in [1.165, 1.54) is 4.68 Å². The van der Waals surface area contributed by atoms with Crippen molar-refractivity contribution >= 4 is 17.3 Å². The lowest BCUT2D eigenvalue weighted by Crippen LogP contribution is -2.27. The zero-order valence-corrected chi connectivity index (χ0v) is 12.4. The van der Waals surface area contributed by atoms with Crippen molar-refractivity contribution in [2.24, 2.45) is 7.05 Å². The van der Waals surface area contributed by atoms with Crippen LogP contribution in [0.4, 0.5) is 5.69 Å². The van der Waals surface area contributed by atoms with E-state index in [0.717, 1.165) is 12.0 Å². The number of rotatable bonds is 3. The van der Waals surface area contributed by atoms with Crippen molar-refractivity contribution in [2.75, 3.05) is 11.9 Å². The number of anilines is 1. The molecule has 6 heteroatoms. The third kappa shape index (κ3) is 2.80. The highest BCUT2D eigenvalue weighted by Crippen LogP contribution is 2.32. The molecule has 1 aliphatic rings. The smallest absolute Gasteiger partial charge is 0.287 e. The Morgan fingerprint density at radius 3 is 2.90 bits per heavy atom. The van der Waals surface area contributed by atoms with E-state index in [0.29, 0.717) is 12.3 Å². The highest BCUT2D eigenvalue weighted by atomic mass is 35.5. The molecule has 0 aliphatic carbocycles. The fourth-order valence-corrected chi connectivity index (χ4v) is 2.75. The third-order valence-corrected chi connectivity index (χ3v) is 4.00. The summed E-state index contributed by atoms with van der Waals surface area (Å²) < 4.78 is 7.02. The fourth-order valence-electron chi connectivity index (χ4n) is 2.52. The van der Waals surface area contributed by atoms with Gasteiger partial charge in [-0.2, -0.15) is 5.10 Å². The molecule has 1 N–H and O–H groups in total. The van der Waals surface area contributed by atoms with Crippen molar-refractivity contribution in [1.82, 2.24) is 9.78 Å². The van der Waals surface area contributed by atoms with E-state index < -0.39 is 0 Å². The summed E-state index contributed by atoms with van der Waals surface area (Å²) >= 11 is 6.09. The molecule has 0 saturated carbocycles. The van der Waals surface area contributed by atoms with Gasteiger partial charge in [0.05, 0.1) is 17.9 Å². The number of halogens is 1. The molecule has 1 saturated heterocycles. The Balaban J connectivity index is 1.84. The second-order valence-electron chi connectivity index (χ2n) is 5.04. The third-order valence-electron chi connectivity index (χ3n) is 3.64. The van der Waals surface area contributed by atoms with Crippen molar-refractivity contribution in [1.29, 1.82) is 0 Å². The molecular weight excluding hydrogens is 290 g/mol. The average Bonchev–Trinajstić information content (AvgIpc) is 2.97. The minimum atomic E-state index is -0.308. The molecule has 1 aromatic carbocycles. The number of benzene rings is 1. The van der Waals surface area contributed by atoms with E-state index in [1.54, 1.807) is 13.2 Å². The molecule has 1 aliphatic heterocycles. The maximum absolute atomic E-state index is 11.8. The van der Waals surface area contributed by atoms with Crippen LogP contribution in [0.3, 0.4) is 0 Å². The summed E-state index contributed by atoms with van der Waals surface area (Å²) in [6.45, 7) is 0.674. The van der Waals surface area contributed by atoms with Gasteiger partial charge in [0, 0.05) is 13.7 Å². The SMILES string of the molecule is Cn1ncc(NC2CCOC2c2ccccc2)c(Cl)c1=O. The quantitative estimate of drug-likeness (QED) is 0.946. The Labute approximate surface area is 127 Å². The topological polar surface area (TPSA) is 56.1 Å². The zero-order chi connectivity index (χ0) is 14.8. The molecule has 2 heterocycles. The molecule has 5 nitrogen and oxygen atoms in total. The van der Waals surface area contributed by atoms with Crippen LogP contribution >= 0.6 is 11.6 Å². The molecule has 21 heavy (non-hydrogen) atoms. The zero-order valence-electron chi connectivity index (χ0n) is 11.6. The number of aromatic nitrogens is 2. The number of ether oxygens (including phenoxy) is 1. The Bertz CT molecular complexity index is 687. The molecule has 2 aromatic rings. The molecule has 0 amide bonds. The second-order valence-corrected chi connectivity index (χ2v) is 5.42. The molecule has 3 rings (SSSR count). The van der Waals surface area contributed by atoms with Gasteiger partial charge in [-0.25, -0.2) is 4.68 Å². The van der Waals surface area contributed by atoms with Crippen molar-refractivity contribution in [3.63, 3.8) is 0 Å². The van der Waals surface area contributed by atoms with Gasteiger partial charge in [0.15, 0.2) is 0 Å². The standard InChI is InChI=1S/C15H16ClN3O2/c1-19-15(20)13(16)12(9-17-19)18-11-7-8-21-14(11)10-5-3-2-4-6-10/h2-6,9,11,14,18H,7-8H2,1H3. The first-order valence-electron chi connectivity index (χ1n) is 6.81. The predicted molar refractivity (Wildman–Crippen MR) is 81.7 cm³/mol. The minimum absolute atomic E-state index is 0.0497. The van der Waals surface area contributed by atoms with Crippen molar-refractivity contribution in [3.8, 4) is 0 Å². The van der Waals surface area contributed by atoms with Gasteiger partial charge < -0.3 is 10.1 Å². The largest absolute Gasteiger partial charge is 0.377 e. The van der Waals surface area contributed by atoms with Crippen molar-refractivity contribution in [3.05, 3.63) is 57.5 Å². The van der Waals surface area contributed by atoms with Gasteiger partial charge in [-0.3, -0.25) is 4.79 Å². The van der Waals surface area contributed by atoms with E-state index in [1.807, 2.05) is 30.3 Å². The first-order chi connectivity index (χ1) is 10.2. The maximum Gasteiger partial charge on any atom is 0.287 e. The lowest BCUT2D eigenvalue weighted by molar-refractivity contribution is 0.107. The van der Waals surface area contributed by atoms with Gasteiger partial charge in [-0.15, -0.1) is 0 Å². The van der Waals surface area contributed by atoms with Gasteiger partial charge in [0.2, 0.25) is 0 Å². The normalized spacial score (nSPS) is 21.4. The van der Waals surface area contributed by atoms with Gasteiger partial charge in [-0.05, 0) is 12.0 Å². The molecule has 1 fully saturated rings. The van der Waals surface area contributed by atoms with Crippen LogP contribution in [0.2, 0.25) is 5.02 Å². The van der Waals surface area contributed by atoms with E-state index in [-0.39, 0.29) is 22.7 Å². The lowest BCUT2D eigenvalue weighted by atomic mass is 10.0. The second kappa shape index (κ2) is 5.87. The minimum Gasteiger partial charge on any atom is -0.377 e. The van der Waals surface area contributed by atoms with E-state index >= 15 is 0 Å². The van der Waals surface area contributed by atoms with Crippen LogP contribution in [-0.2, 0) is 11.8 Å². The van der Waals surface area contributed by atoms with Gasteiger partial charge >= 0.3 is 0 Å². The van der Waals surface area contributed by atoms with Crippen molar-refractivity contribution in [2.45, 2.75) is 18.6 Å². The Morgan fingerprint density at radius 2 is 2.14 bits per heavy atom. The van der Waals surface area contributed by atoms with Crippen molar-refractivity contribution < 1.29 is 4.74 Å². The number of nitrogens with one attached hydrogen (secondary N) is 1. The van der Waals surface area contributed by atoms with Crippen LogP contribution in [0.1, 0.15) is 18.1 Å². The predicted octanol–water partition coefficient (Wildman–Crippen LogP) is 2.38. The summed E-state index contributed by atoms with van der Waals surface area (Å²) in [5.74, 6) is 0. The van der Waals surface area contributed by atoms with Gasteiger partial charge in [0.25, 0.3) is 5.56 Å². The molecule has 1 aromatic heterocycles. The monoisotopic (exact) mass is 305 g/mol. The fraction of sp³-hybridized carbons (Fsp3) is 0.333. The van der Waals surface area contributed by atoms with Crippen LogP contribution in [0.15, 0.2) is 41.3 Å². The first kappa shape index (κ1) is 14.1. The van der Waals surface area contributed by atoms with Crippen LogP contribution in [0.25, 0.3) is 0 Å². The summed E-state index contributed by atoms with van der Waals surface area (Å²) in [6.07, 6.45) is 2.38. The highest BCUT2D eigenvalue weighted by molar-refractivity contribution is 6.32. The number of hydrogen-bond donors (Lipinski definition) is 1. The first-order valence-corrected chi connectivity index (χ1v) is 7.19. The Hall–Kier alpha value is -1.85. The highest BCUT2D eigenvalue weighted by Gasteiger charge is 2.30. The Morgan fingerprint density at radius 1 is 1.38 bits per heavy atom. The molecule has 110 valence electrons. The summed E-state index contributed by atoms with van der Waals surface area (Å²) in [5, 5.41) is 7.45. The number of nitrogens with zero attached hydrogens (tertiary/aromatic N) is 2. The number of hydrogen-bond acceptors (Lipinski definition) is 4.